The van der Waals surface area contributed by atoms with Crippen molar-refractivity contribution >= 4 is 49.1 Å². The fourth-order valence-electron chi connectivity index (χ4n) is 16.7. The first-order valence-electron chi connectivity index (χ1n) is 29.9. The second kappa shape index (κ2) is 16.8. The Balaban J connectivity index is 0.787. The first-order chi connectivity index (χ1) is 42.7. The Kier molecular flexibility index (Phi) is 9.02. The number of hydrogen-bond acceptors (Lipinski definition) is 2. The van der Waals surface area contributed by atoms with E-state index in [-0.39, 0.29) is 0 Å². The summed E-state index contributed by atoms with van der Waals surface area (Å²) >= 11 is 0. The molecule has 0 amide bonds. The fourth-order valence-corrected chi connectivity index (χ4v) is 16.7. The van der Waals surface area contributed by atoms with E-state index in [9.17, 15) is 0 Å². The molecule has 4 heteroatoms. The van der Waals surface area contributed by atoms with Gasteiger partial charge in [0.05, 0.1) is 27.4 Å². The number of fused-ring (bicyclic) bond motifs is 29. The maximum absolute atomic E-state index is 4.90. The summed E-state index contributed by atoms with van der Waals surface area (Å²) in [6, 6.07) is 109. The molecule has 20 rings (SSSR count). The van der Waals surface area contributed by atoms with E-state index in [0.29, 0.717) is 0 Å². The van der Waals surface area contributed by atoms with Gasteiger partial charge in [-0.2, -0.15) is 0 Å². The molecule has 0 N–H and O–H groups in total. The second-order valence-electron chi connectivity index (χ2n) is 23.9. The van der Waals surface area contributed by atoms with Gasteiger partial charge in [-0.05, 0) is 183 Å². The van der Waals surface area contributed by atoms with E-state index < -0.39 is 10.8 Å². The van der Waals surface area contributed by atoms with Crippen LogP contribution in [-0.4, -0.2) is 19.2 Å². The van der Waals surface area contributed by atoms with Crippen LogP contribution in [0.1, 0.15) is 44.5 Å². The van der Waals surface area contributed by atoms with Gasteiger partial charge in [-0.1, -0.05) is 224 Å². The molecule has 4 aliphatic carbocycles. The van der Waals surface area contributed by atoms with Crippen LogP contribution in [0.5, 0.6) is 0 Å². The number of benzene rings is 13. The first kappa shape index (κ1) is 46.3. The molecule has 0 aliphatic heterocycles. The minimum absolute atomic E-state index is 0.436. The van der Waals surface area contributed by atoms with Crippen LogP contribution in [0.4, 0.5) is 0 Å². The van der Waals surface area contributed by atoms with Gasteiger partial charge in [-0.15, -0.1) is 10.2 Å². The predicted octanol–water partition coefficient (Wildman–Crippen LogP) is 19.8. The lowest BCUT2D eigenvalue weighted by Gasteiger charge is -2.30. The molecule has 0 fully saturated rings. The number of aromatic nitrogens is 4. The van der Waals surface area contributed by atoms with E-state index in [1.165, 1.54) is 133 Å². The highest BCUT2D eigenvalue weighted by atomic mass is 15.2. The summed E-state index contributed by atoms with van der Waals surface area (Å²) in [6.07, 6.45) is 0. The van der Waals surface area contributed by atoms with E-state index in [1.54, 1.807) is 0 Å². The predicted molar refractivity (Wildman–Crippen MR) is 351 cm³/mol. The summed E-state index contributed by atoms with van der Waals surface area (Å²) in [7, 11) is 0. The molecule has 0 unspecified atom stereocenters. The third-order valence-corrected chi connectivity index (χ3v) is 20.1. The summed E-state index contributed by atoms with van der Waals surface area (Å²) in [5.41, 5.74) is 31.4. The van der Waals surface area contributed by atoms with Crippen molar-refractivity contribution < 1.29 is 0 Å². The van der Waals surface area contributed by atoms with Gasteiger partial charge in [-0.3, -0.25) is 4.40 Å². The van der Waals surface area contributed by atoms with Crippen LogP contribution in [0.25, 0.3) is 133 Å². The van der Waals surface area contributed by atoms with Crippen molar-refractivity contribution in [3.63, 3.8) is 0 Å². The van der Waals surface area contributed by atoms with Crippen molar-refractivity contribution in [3.05, 3.63) is 336 Å². The van der Waals surface area contributed by atoms with Crippen LogP contribution in [0, 0.1) is 0 Å². The van der Waals surface area contributed by atoms with Crippen LogP contribution in [0.15, 0.2) is 291 Å². The third-order valence-electron chi connectivity index (χ3n) is 20.1. The van der Waals surface area contributed by atoms with Crippen LogP contribution in [-0.2, 0) is 10.8 Å². The quantitative estimate of drug-likeness (QED) is 0.165. The number of nitrogens with zero attached hydrogens (tertiary/aromatic N) is 4. The van der Waals surface area contributed by atoms with E-state index in [1.807, 2.05) is 0 Å². The first-order valence-corrected chi connectivity index (χ1v) is 29.9. The number of hydrogen-bond donors (Lipinski definition) is 0. The van der Waals surface area contributed by atoms with Gasteiger partial charge >= 0.3 is 0 Å². The van der Waals surface area contributed by atoms with Crippen molar-refractivity contribution in [2.24, 2.45) is 0 Å². The van der Waals surface area contributed by atoms with Gasteiger partial charge in [0.15, 0.2) is 11.5 Å². The zero-order chi connectivity index (χ0) is 56.0. The van der Waals surface area contributed by atoms with Crippen LogP contribution in [0.3, 0.4) is 0 Å². The summed E-state index contributed by atoms with van der Waals surface area (Å²) in [5, 5.41) is 15.6. The molecule has 2 spiro atoms. The van der Waals surface area contributed by atoms with Gasteiger partial charge in [0.25, 0.3) is 0 Å². The zero-order valence-electron chi connectivity index (χ0n) is 46.5. The van der Waals surface area contributed by atoms with Crippen molar-refractivity contribution in [1.29, 1.82) is 0 Å². The van der Waals surface area contributed by atoms with Crippen molar-refractivity contribution in [2.75, 3.05) is 0 Å². The maximum Gasteiger partial charge on any atom is 0.169 e. The Hall–Kier alpha value is -11.2. The molecule has 0 radical (unpaired) electrons. The lowest BCUT2D eigenvalue weighted by Crippen LogP contribution is -2.25. The minimum Gasteiger partial charge on any atom is -0.309 e. The molecule has 3 heterocycles. The van der Waals surface area contributed by atoms with Gasteiger partial charge in [0, 0.05) is 32.8 Å². The van der Waals surface area contributed by atoms with E-state index in [0.717, 1.165) is 44.7 Å². The monoisotopic (exact) mass is 1090 g/mol. The molecule has 0 saturated heterocycles. The Morgan fingerprint density at radius 2 is 0.581 bits per heavy atom. The van der Waals surface area contributed by atoms with Gasteiger partial charge in [0.2, 0.25) is 0 Å². The molecule has 396 valence electrons. The standard InChI is InChI=1S/C82H48N4/c1-2-25-65-55(17-1)64-24-9-16-32-76(64)86-79(83-84-80(65)86)49-33-39-54(40-34-49)85-77-43-37-50(52-35-41-62-60-22-7-14-30-72(60)81(74(62)47-52)68-26-10-3-18-56(68)57-19-4-11-27-69(57)81)45-66(77)67-46-51(38-44-78(67)85)53-36-42-63-61-23-8-15-31-73(61)82(75(63)48-53)70-28-12-5-20-58(70)59-21-6-13-29-71(59)82/h1-48H. The average molecular weight is 1090 g/mol. The number of rotatable bonds is 4. The van der Waals surface area contributed by atoms with Gasteiger partial charge in [0.1, 0.15) is 0 Å². The largest absolute Gasteiger partial charge is 0.309 e. The van der Waals surface area contributed by atoms with Crippen LogP contribution < -0.4 is 0 Å². The van der Waals surface area contributed by atoms with Crippen molar-refractivity contribution in [1.82, 2.24) is 19.2 Å². The summed E-state index contributed by atoms with van der Waals surface area (Å²) in [4.78, 5) is 0. The Labute approximate surface area is 495 Å². The summed E-state index contributed by atoms with van der Waals surface area (Å²) in [6.45, 7) is 0. The molecule has 16 aromatic rings. The number of pyridine rings is 1. The Morgan fingerprint density at radius 1 is 0.233 bits per heavy atom. The Bertz CT molecular complexity index is 5300. The molecule has 4 nitrogen and oxygen atoms in total. The van der Waals surface area contributed by atoms with Gasteiger partial charge in [-0.25, -0.2) is 0 Å². The Morgan fingerprint density at radius 3 is 1.03 bits per heavy atom. The maximum atomic E-state index is 4.90. The number of para-hydroxylation sites is 1. The van der Waals surface area contributed by atoms with Gasteiger partial charge < -0.3 is 4.57 Å². The van der Waals surface area contributed by atoms with Crippen LogP contribution >= 0.6 is 0 Å². The smallest absolute Gasteiger partial charge is 0.169 e. The zero-order valence-corrected chi connectivity index (χ0v) is 46.5. The second-order valence-corrected chi connectivity index (χ2v) is 23.9. The topological polar surface area (TPSA) is 35.1 Å². The molecule has 13 aromatic carbocycles. The minimum atomic E-state index is -0.436. The molecule has 3 aromatic heterocycles. The highest BCUT2D eigenvalue weighted by molar-refractivity contribution is 6.14. The summed E-state index contributed by atoms with van der Waals surface area (Å²) < 4.78 is 4.68. The molecular formula is C82H48N4. The van der Waals surface area contributed by atoms with E-state index >= 15 is 0 Å². The van der Waals surface area contributed by atoms with Crippen molar-refractivity contribution in [2.45, 2.75) is 10.8 Å². The van der Waals surface area contributed by atoms with Crippen LogP contribution in [0.2, 0.25) is 0 Å². The normalized spacial score (nSPS) is 14.0. The van der Waals surface area contributed by atoms with E-state index in [4.69, 9.17) is 10.2 Å². The molecule has 0 saturated carbocycles. The SMILES string of the molecule is c1ccc2c(c1)-c1ccccc1C21c2ccccc2-c2ccc(-c3ccc4c(c3)c3cc(-c5ccc6c(c5)C5(c7ccccc7-c7ccccc75)c5ccccc5-6)ccc3n4-c3ccc(-c4nnc5c6ccccc6c6ccccc6n45)cc3)cc21. The molecule has 0 bridgehead atoms. The highest BCUT2D eigenvalue weighted by Crippen LogP contribution is 2.65. The molecule has 0 atom stereocenters. The lowest BCUT2D eigenvalue weighted by molar-refractivity contribution is 0.794. The highest BCUT2D eigenvalue weighted by Gasteiger charge is 2.53. The molecule has 4 aliphatic rings. The van der Waals surface area contributed by atoms with Crippen molar-refractivity contribution in [3.8, 4) is 83.8 Å². The molecular weight excluding hydrogens is 1040 g/mol. The average Bonchev–Trinajstić information content (AvgIpc) is 1.69. The van der Waals surface area contributed by atoms with E-state index in [2.05, 4.69) is 300 Å². The fraction of sp³-hybridized carbons (Fsp3) is 0.0244. The third kappa shape index (κ3) is 5.74. The molecule has 86 heavy (non-hydrogen) atoms. The summed E-state index contributed by atoms with van der Waals surface area (Å²) in [5.74, 6) is 0.817. The lowest BCUT2D eigenvalue weighted by atomic mass is 9.70.